The van der Waals surface area contributed by atoms with E-state index in [0.717, 1.165) is 30.4 Å². The maximum atomic E-state index is 14.0. The van der Waals surface area contributed by atoms with E-state index in [-0.39, 0.29) is 29.4 Å². The highest BCUT2D eigenvalue weighted by Gasteiger charge is 2.56. The smallest absolute Gasteiger partial charge is 0.237 e. The summed E-state index contributed by atoms with van der Waals surface area (Å²) in [6, 6.07) is 7.69. The van der Waals surface area contributed by atoms with Gasteiger partial charge < -0.3 is 15.2 Å². The number of nitriles is 1. The predicted molar refractivity (Wildman–Crippen MR) is 112 cm³/mol. The van der Waals surface area contributed by atoms with E-state index in [2.05, 4.69) is 19.9 Å². The summed E-state index contributed by atoms with van der Waals surface area (Å²) in [7, 11) is 1.76. The zero-order valence-corrected chi connectivity index (χ0v) is 17.9. The van der Waals surface area contributed by atoms with E-state index in [4.69, 9.17) is 20.6 Å². The highest BCUT2D eigenvalue weighted by molar-refractivity contribution is 5.99. The van der Waals surface area contributed by atoms with Crippen LogP contribution in [0.3, 0.4) is 0 Å². The lowest BCUT2D eigenvalue weighted by Gasteiger charge is -2.49. The number of hydrogen-bond acceptors (Lipinski definition) is 5. The standard InChI is InChI=1S/C23H30N4O3/c1-13-7-23(8-14(2)20(13)29-3)9-16-5-4-15(10-24)6-18(16)19(23)21(28)27(22(25)26)17-11-30-12-17/h4-6,13-14,17,19-20H,7-9,11-12H2,1-3H3,(H3,25,26)/t13-,14?,19-,20+,23+/m0/s1. The number of fused-ring (bicyclic) bond motifs is 1. The number of guanidine groups is 1. The Morgan fingerprint density at radius 3 is 2.50 bits per heavy atom. The van der Waals surface area contributed by atoms with Crippen molar-refractivity contribution in [3.63, 3.8) is 0 Å². The minimum absolute atomic E-state index is 0.139. The number of carbonyl (C=O) groups is 1. The molecule has 1 heterocycles. The van der Waals surface area contributed by atoms with Crippen molar-refractivity contribution in [1.29, 1.82) is 10.7 Å². The summed E-state index contributed by atoms with van der Waals surface area (Å²) in [6.45, 7) is 5.18. The van der Waals surface area contributed by atoms with E-state index >= 15 is 0 Å². The van der Waals surface area contributed by atoms with Crippen molar-refractivity contribution in [3.8, 4) is 6.07 Å². The number of hydrogen-bond donors (Lipinski definition) is 2. The van der Waals surface area contributed by atoms with E-state index < -0.39 is 5.92 Å². The van der Waals surface area contributed by atoms with Gasteiger partial charge in [-0.25, -0.2) is 0 Å². The summed E-state index contributed by atoms with van der Waals surface area (Å²) in [6.07, 6.45) is 2.67. The van der Waals surface area contributed by atoms with Gasteiger partial charge in [0.05, 0.1) is 42.9 Å². The first-order valence-corrected chi connectivity index (χ1v) is 10.6. The number of nitrogens with two attached hydrogens (primary N) is 1. The van der Waals surface area contributed by atoms with Crippen molar-refractivity contribution in [2.24, 2.45) is 23.0 Å². The fourth-order valence-electron chi connectivity index (χ4n) is 6.31. The van der Waals surface area contributed by atoms with Crippen molar-refractivity contribution in [3.05, 3.63) is 34.9 Å². The Morgan fingerprint density at radius 2 is 2.00 bits per heavy atom. The Kier molecular flexibility index (Phi) is 5.33. The Balaban J connectivity index is 1.79. The van der Waals surface area contributed by atoms with Crippen LogP contribution >= 0.6 is 0 Å². The molecule has 1 saturated heterocycles. The molecule has 1 amide bonds. The van der Waals surface area contributed by atoms with Gasteiger partial charge in [-0.15, -0.1) is 0 Å². The fraction of sp³-hybridized carbons (Fsp3) is 0.609. The third kappa shape index (κ3) is 3.19. The molecule has 160 valence electrons. The summed E-state index contributed by atoms with van der Waals surface area (Å²) in [5.41, 5.74) is 8.20. The molecule has 1 unspecified atom stereocenters. The summed E-state index contributed by atoms with van der Waals surface area (Å²) in [5, 5.41) is 17.5. The largest absolute Gasteiger partial charge is 0.381 e. The predicted octanol–water partition coefficient (Wildman–Crippen LogP) is 2.39. The molecule has 7 nitrogen and oxygen atoms in total. The molecular formula is C23H30N4O3. The molecule has 3 aliphatic rings. The monoisotopic (exact) mass is 410 g/mol. The van der Waals surface area contributed by atoms with Crippen LogP contribution in [-0.2, 0) is 20.7 Å². The quantitative estimate of drug-likeness (QED) is 0.587. The lowest BCUT2D eigenvalue weighted by Crippen LogP contribution is -2.59. The molecule has 0 radical (unpaired) electrons. The molecule has 1 aliphatic heterocycles. The second-order valence-corrected chi connectivity index (χ2v) is 9.35. The third-order valence-electron chi connectivity index (χ3n) is 7.32. The summed E-state index contributed by atoms with van der Waals surface area (Å²) in [5.74, 6) is -0.193. The van der Waals surface area contributed by atoms with E-state index in [1.54, 1.807) is 7.11 Å². The van der Waals surface area contributed by atoms with E-state index in [9.17, 15) is 10.1 Å². The second-order valence-electron chi connectivity index (χ2n) is 9.35. The zero-order chi connectivity index (χ0) is 21.6. The van der Waals surface area contributed by atoms with Crippen molar-refractivity contribution >= 4 is 11.9 Å². The normalized spacial score (nSPS) is 32.9. The zero-order valence-electron chi connectivity index (χ0n) is 17.9. The van der Waals surface area contributed by atoms with Crippen LogP contribution in [0.2, 0.25) is 0 Å². The molecule has 1 aromatic carbocycles. The molecule has 3 N–H and O–H groups in total. The molecule has 0 bridgehead atoms. The minimum atomic E-state index is -0.423. The van der Waals surface area contributed by atoms with E-state index in [1.807, 2.05) is 18.2 Å². The van der Waals surface area contributed by atoms with Crippen molar-refractivity contribution < 1.29 is 14.3 Å². The first kappa shape index (κ1) is 20.8. The Morgan fingerprint density at radius 1 is 1.33 bits per heavy atom. The van der Waals surface area contributed by atoms with Gasteiger partial charge in [0.25, 0.3) is 0 Å². The van der Waals surface area contributed by atoms with Gasteiger partial charge in [0.2, 0.25) is 5.91 Å². The van der Waals surface area contributed by atoms with Gasteiger partial charge in [-0.2, -0.15) is 5.26 Å². The molecule has 1 spiro atoms. The SMILES string of the molecule is CO[C@H]1C(C)C[C@@]2(Cc3ccc(C#N)cc3[C@H]2C(=O)N(C(=N)N)C2COC2)C[C@@H]1C. The maximum absolute atomic E-state index is 14.0. The van der Waals surface area contributed by atoms with Crippen molar-refractivity contribution in [2.75, 3.05) is 20.3 Å². The lowest BCUT2D eigenvalue weighted by molar-refractivity contribution is -0.144. The lowest BCUT2D eigenvalue weighted by atomic mass is 9.59. The van der Waals surface area contributed by atoms with Crippen LogP contribution in [0, 0.1) is 34.0 Å². The van der Waals surface area contributed by atoms with Gasteiger partial charge in [-0.1, -0.05) is 19.9 Å². The third-order valence-corrected chi connectivity index (χ3v) is 7.32. The second kappa shape index (κ2) is 7.68. The average Bonchev–Trinajstić information content (AvgIpc) is 2.95. The topological polar surface area (TPSA) is 112 Å². The van der Waals surface area contributed by atoms with Crippen LogP contribution in [0.15, 0.2) is 18.2 Å². The van der Waals surface area contributed by atoms with Gasteiger partial charge in [0.1, 0.15) is 0 Å². The molecule has 4 rings (SSSR count). The molecule has 7 heteroatoms. The Labute approximate surface area is 177 Å². The van der Waals surface area contributed by atoms with Gasteiger partial charge in [0.15, 0.2) is 5.96 Å². The molecule has 5 atom stereocenters. The van der Waals surface area contributed by atoms with Crippen molar-refractivity contribution in [2.45, 2.75) is 51.2 Å². The maximum Gasteiger partial charge on any atom is 0.237 e. The number of ether oxygens (including phenoxy) is 2. The van der Waals surface area contributed by atoms with Gasteiger partial charge in [-0.05, 0) is 59.8 Å². The number of benzene rings is 1. The number of amides is 1. The molecule has 2 fully saturated rings. The highest BCUT2D eigenvalue weighted by atomic mass is 16.5. The first-order chi connectivity index (χ1) is 14.3. The highest BCUT2D eigenvalue weighted by Crippen LogP contribution is 2.58. The molecular weight excluding hydrogens is 380 g/mol. The number of rotatable bonds is 3. The van der Waals surface area contributed by atoms with Crippen LogP contribution in [0.4, 0.5) is 0 Å². The summed E-state index contributed by atoms with van der Waals surface area (Å²) < 4.78 is 11.0. The van der Waals surface area contributed by atoms with Crippen LogP contribution in [0.25, 0.3) is 0 Å². The molecule has 1 saturated carbocycles. The molecule has 30 heavy (non-hydrogen) atoms. The Bertz CT molecular complexity index is 892. The van der Waals surface area contributed by atoms with E-state index in [0.29, 0.717) is 30.6 Å². The van der Waals surface area contributed by atoms with Crippen LogP contribution < -0.4 is 5.73 Å². The van der Waals surface area contributed by atoms with Crippen LogP contribution in [-0.4, -0.2) is 49.2 Å². The first-order valence-electron chi connectivity index (χ1n) is 10.6. The van der Waals surface area contributed by atoms with Gasteiger partial charge in [0, 0.05) is 7.11 Å². The van der Waals surface area contributed by atoms with Crippen LogP contribution in [0.1, 0.15) is 49.3 Å². The Hall–Kier alpha value is -2.43. The molecule has 1 aromatic rings. The van der Waals surface area contributed by atoms with Crippen LogP contribution in [0.5, 0.6) is 0 Å². The summed E-state index contributed by atoms with van der Waals surface area (Å²) >= 11 is 0. The number of methoxy groups -OCH3 is 1. The number of nitrogens with one attached hydrogen (secondary N) is 1. The average molecular weight is 411 g/mol. The van der Waals surface area contributed by atoms with Crippen molar-refractivity contribution in [1.82, 2.24) is 4.90 Å². The molecule has 0 aromatic heterocycles. The molecule has 2 aliphatic carbocycles. The number of carbonyl (C=O) groups excluding carboxylic acids is 1. The fourth-order valence-corrected chi connectivity index (χ4v) is 6.31. The van der Waals surface area contributed by atoms with Gasteiger partial charge in [-0.3, -0.25) is 15.1 Å². The van der Waals surface area contributed by atoms with E-state index in [1.165, 1.54) is 4.90 Å². The summed E-state index contributed by atoms with van der Waals surface area (Å²) in [4.78, 5) is 15.4. The minimum Gasteiger partial charge on any atom is -0.381 e. The van der Waals surface area contributed by atoms with Gasteiger partial charge >= 0.3 is 0 Å². The number of nitrogens with zero attached hydrogens (tertiary/aromatic N) is 2.